The van der Waals surface area contributed by atoms with Gasteiger partial charge in [-0.05, 0) is 54.6 Å². The predicted molar refractivity (Wildman–Crippen MR) is 122 cm³/mol. The number of aromatic amines is 1. The van der Waals surface area contributed by atoms with Gasteiger partial charge in [0.05, 0.1) is 0 Å². The summed E-state index contributed by atoms with van der Waals surface area (Å²) in [5.41, 5.74) is 5.12. The van der Waals surface area contributed by atoms with Crippen molar-refractivity contribution >= 4 is 10.9 Å². The van der Waals surface area contributed by atoms with Gasteiger partial charge < -0.3 is 4.98 Å². The van der Waals surface area contributed by atoms with Crippen LogP contribution in [0.15, 0.2) is 67.4 Å². The summed E-state index contributed by atoms with van der Waals surface area (Å²) < 4.78 is 1.96. The quantitative estimate of drug-likeness (QED) is 0.527. The maximum atomic E-state index is 3.93. The van der Waals surface area contributed by atoms with Gasteiger partial charge in [0.2, 0.25) is 0 Å². The standard InChI is InChI=1S/C25H28N6/c1-2-4-19(5-3-1)14-29-15-21-9-11-30(25(21)16-29)10-8-20-13-26-24-7-6-22(12-23(20)24)31-17-27-28-18-31/h1-7,12-13,17-18,21,25-26H,8-11,14-16H2/t21-,25+/m1/s1. The molecule has 0 bridgehead atoms. The normalized spacial score (nSPS) is 21.8. The number of nitrogens with one attached hydrogen (secondary N) is 1. The Bertz CT molecular complexity index is 1150. The van der Waals surface area contributed by atoms with Crippen molar-refractivity contribution in [1.82, 2.24) is 29.5 Å². The molecule has 0 spiro atoms. The number of aromatic nitrogens is 4. The van der Waals surface area contributed by atoms with Crippen LogP contribution in [0, 0.1) is 5.92 Å². The smallest absolute Gasteiger partial charge is 0.123 e. The fourth-order valence-corrected chi connectivity index (χ4v) is 5.52. The minimum absolute atomic E-state index is 0.710. The van der Waals surface area contributed by atoms with Crippen molar-refractivity contribution < 1.29 is 0 Å². The maximum Gasteiger partial charge on any atom is 0.123 e. The van der Waals surface area contributed by atoms with Crippen molar-refractivity contribution in [2.75, 3.05) is 26.2 Å². The minimum Gasteiger partial charge on any atom is -0.361 e. The van der Waals surface area contributed by atoms with E-state index < -0.39 is 0 Å². The Kier molecular flexibility index (Phi) is 4.81. The number of benzene rings is 2. The third kappa shape index (κ3) is 3.66. The third-order valence-electron chi connectivity index (χ3n) is 7.12. The lowest BCUT2D eigenvalue weighted by atomic mass is 10.0. The molecular formula is C25H28N6. The molecule has 6 rings (SSSR count). The molecule has 31 heavy (non-hydrogen) atoms. The number of rotatable bonds is 6. The van der Waals surface area contributed by atoms with Gasteiger partial charge in [0.25, 0.3) is 0 Å². The molecule has 2 atom stereocenters. The molecule has 6 nitrogen and oxygen atoms in total. The van der Waals surface area contributed by atoms with Gasteiger partial charge in [0.15, 0.2) is 0 Å². The third-order valence-corrected chi connectivity index (χ3v) is 7.12. The van der Waals surface area contributed by atoms with E-state index in [0.29, 0.717) is 6.04 Å². The van der Waals surface area contributed by atoms with Crippen molar-refractivity contribution in [1.29, 1.82) is 0 Å². The first-order valence-corrected chi connectivity index (χ1v) is 11.3. The SMILES string of the molecule is c1ccc(CN2C[C@H]3CCN(CCc4c[nH]c5ccc(-n6cnnc6)cc45)[C@H]3C2)cc1. The summed E-state index contributed by atoms with van der Waals surface area (Å²) in [6.07, 6.45) is 8.10. The number of hydrogen-bond donors (Lipinski definition) is 1. The van der Waals surface area contributed by atoms with Crippen LogP contribution in [0.25, 0.3) is 16.6 Å². The van der Waals surface area contributed by atoms with Gasteiger partial charge >= 0.3 is 0 Å². The van der Waals surface area contributed by atoms with E-state index in [4.69, 9.17) is 0 Å². The summed E-state index contributed by atoms with van der Waals surface area (Å²) in [5.74, 6) is 0.826. The van der Waals surface area contributed by atoms with Crippen molar-refractivity contribution in [2.24, 2.45) is 5.92 Å². The molecule has 0 radical (unpaired) electrons. The first-order valence-electron chi connectivity index (χ1n) is 11.3. The average molecular weight is 413 g/mol. The Hall–Kier alpha value is -2.96. The Morgan fingerprint density at radius 1 is 1.00 bits per heavy atom. The first kappa shape index (κ1) is 18.8. The van der Waals surface area contributed by atoms with Crippen LogP contribution in [-0.2, 0) is 13.0 Å². The van der Waals surface area contributed by atoms with Gasteiger partial charge in [-0.15, -0.1) is 10.2 Å². The number of fused-ring (bicyclic) bond motifs is 2. The molecule has 2 aliphatic heterocycles. The number of nitrogens with zero attached hydrogens (tertiary/aromatic N) is 5. The highest BCUT2D eigenvalue weighted by Gasteiger charge is 2.40. The van der Waals surface area contributed by atoms with E-state index in [1.807, 2.05) is 4.57 Å². The second-order valence-electron chi connectivity index (χ2n) is 8.99. The molecular weight excluding hydrogens is 384 g/mol. The van der Waals surface area contributed by atoms with E-state index in [1.54, 1.807) is 12.7 Å². The van der Waals surface area contributed by atoms with Gasteiger partial charge in [0, 0.05) is 55.0 Å². The lowest BCUT2D eigenvalue weighted by molar-refractivity contribution is 0.224. The van der Waals surface area contributed by atoms with Crippen LogP contribution in [0.1, 0.15) is 17.5 Å². The highest BCUT2D eigenvalue weighted by atomic mass is 15.3. The van der Waals surface area contributed by atoms with Crippen molar-refractivity contribution in [2.45, 2.75) is 25.4 Å². The molecule has 2 aliphatic rings. The zero-order valence-electron chi connectivity index (χ0n) is 17.7. The monoisotopic (exact) mass is 412 g/mol. The Labute approximate surface area is 182 Å². The van der Waals surface area contributed by atoms with Gasteiger partial charge in [-0.1, -0.05) is 30.3 Å². The van der Waals surface area contributed by atoms with Gasteiger partial charge in [0.1, 0.15) is 12.7 Å². The van der Waals surface area contributed by atoms with Gasteiger partial charge in [-0.25, -0.2) is 0 Å². The number of hydrogen-bond acceptors (Lipinski definition) is 4. The molecule has 0 saturated carbocycles. The van der Waals surface area contributed by atoms with Crippen LogP contribution in [0.4, 0.5) is 0 Å². The van der Waals surface area contributed by atoms with Crippen LogP contribution >= 0.6 is 0 Å². The second kappa shape index (κ2) is 7.94. The van der Waals surface area contributed by atoms with Crippen LogP contribution in [0.3, 0.4) is 0 Å². The highest BCUT2D eigenvalue weighted by molar-refractivity contribution is 5.85. The van der Waals surface area contributed by atoms with E-state index >= 15 is 0 Å². The summed E-state index contributed by atoms with van der Waals surface area (Å²) in [4.78, 5) is 8.83. The molecule has 0 unspecified atom stereocenters. The summed E-state index contributed by atoms with van der Waals surface area (Å²) in [7, 11) is 0. The van der Waals surface area contributed by atoms with E-state index in [0.717, 1.165) is 31.1 Å². The Morgan fingerprint density at radius 3 is 2.74 bits per heavy atom. The summed E-state index contributed by atoms with van der Waals surface area (Å²) in [6.45, 7) is 5.89. The summed E-state index contributed by atoms with van der Waals surface area (Å²) in [5, 5.41) is 9.17. The number of H-pyrrole nitrogens is 1. The fraction of sp³-hybridized carbons (Fsp3) is 0.360. The molecule has 2 aromatic carbocycles. The largest absolute Gasteiger partial charge is 0.361 e. The summed E-state index contributed by atoms with van der Waals surface area (Å²) in [6, 6.07) is 18.1. The van der Waals surface area contributed by atoms with Crippen LogP contribution in [-0.4, -0.2) is 61.8 Å². The molecule has 2 saturated heterocycles. The lowest BCUT2D eigenvalue weighted by Crippen LogP contribution is -2.36. The molecule has 4 heterocycles. The van der Waals surface area contributed by atoms with E-state index in [-0.39, 0.29) is 0 Å². The molecule has 1 N–H and O–H groups in total. The molecule has 158 valence electrons. The van der Waals surface area contributed by atoms with Crippen LogP contribution in [0.5, 0.6) is 0 Å². The van der Waals surface area contributed by atoms with Crippen LogP contribution < -0.4 is 0 Å². The molecule has 0 amide bonds. The first-order chi connectivity index (χ1) is 15.3. The maximum absolute atomic E-state index is 3.93. The topological polar surface area (TPSA) is 53.0 Å². The zero-order chi connectivity index (χ0) is 20.6. The Morgan fingerprint density at radius 2 is 1.87 bits per heavy atom. The summed E-state index contributed by atoms with van der Waals surface area (Å²) >= 11 is 0. The second-order valence-corrected chi connectivity index (χ2v) is 8.99. The zero-order valence-corrected chi connectivity index (χ0v) is 17.7. The minimum atomic E-state index is 0.710. The lowest BCUT2D eigenvalue weighted by Gasteiger charge is -2.24. The van der Waals surface area contributed by atoms with Crippen LogP contribution in [0.2, 0.25) is 0 Å². The van der Waals surface area contributed by atoms with Crippen molar-refractivity contribution in [3.8, 4) is 5.69 Å². The highest BCUT2D eigenvalue weighted by Crippen LogP contribution is 2.32. The van der Waals surface area contributed by atoms with E-state index in [9.17, 15) is 0 Å². The fourth-order valence-electron chi connectivity index (χ4n) is 5.52. The predicted octanol–water partition coefficient (Wildman–Crippen LogP) is 3.50. The van der Waals surface area contributed by atoms with Gasteiger partial charge in [-0.2, -0.15) is 0 Å². The molecule has 4 aromatic rings. The molecule has 2 aromatic heterocycles. The van der Waals surface area contributed by atoms with Gasteiger partial charge in [-0.3, -0.25) is 14.4 Å². The molecule has 2 fully saturated rings. The Balaban J connectivity index is 1.13. The van der Waals surface area contributed by atoms with E-state index in [1.165, 1.54) is 48.1 Å². The molecule has 6 heteroatoms. The molecule has 0 aliphatic carbocycles. The van der Waals surface area contributed by atoms with Crippen molar-refractivity contribution in [3.63, 3.8) is 0 Å². The number of likely N-dealkylation sites (tertiary alicyclic amines) is 2. The average Bonchev–Trinajstić information content (AvgIpc) is 3.58. The van der Waals surface area contributed by atoms with Crippen molar-refractivity contribution in [3.05, 3.63) is 78.5 Å². The van der Waals surface area contributed by atoms with E-state index in [2.05, 4.69) is 79.7 Å².